The average Bonchev–Trinajstić information content (AvgIpc) is 2.75. The molecule has 0 aromatic rings. The number of nitrogens with one attached hydrogen (secondary N) is 1. The molecular formula is C12H24N2O. The van der Waals surface area contributed by atoms with Crippen LogP contribution in [0.1, 0.15) is 32.6 Å². The van der Waals surface area contributed by atoms with Crippen LogP contribution in [0.25, 0.3) is 0 Å². The van der Waals surface area contributed by atoms with Gasteiger partial charge < -0.3 is 10.1 Å². The van der Waals surface area contributed by atoms with Crippen LogP contribution in [-0.4, -0.2) is 49.8 Å². The molecule has 3 nitrogen and oxygen atoms in total. The van der Waals surface area contributed by atoms with Gasteiger partial charge in [-0.1, -0.05) is 6.92 Å². The summed E-state index contributed by atoms with van der Waals surface area (Å²) in [5.41, 5.74) is 0. The first-order valence-corrected chi connectivity index (χ1v) is 6.45. The maximum absolute atomic E-state index is 5.47. The van der Waals surface area contributed by atoms with E-state index in [-0.39, 0.29) is 0 Å². The Kier molecular flexibility index (Phi) is 4.42. The highest BCUT2D eigenvalue weighted by Crippen LogP contribution is 2.16. The molecule has 0 radical (unpaired) electrons. The molecule has 0 aromatic carbocycles. The highest BCUT2D eigenvalue weighted by molar-refractivity contribution is 4.82. The molecule has 3 heteroatoms. The molecule has 0 spiro atoms. The predicted octanol–water partition coefficient (Wildman–Crippen LogP) is 1.24. The first-order valence-electron chi connectivity index (χ1n) is 6.45. The maximum Gasteiger partial charge on any atom is 0.0619 e. The van der Waals surface area contributed by atoms with Gasteiger partial charge in [0.2, 0.25) is 0 Å². The van der Waals surface area contributed by atoms with E-state index in [4.69, 9.17) is 4.74 Å². The molecule has 0 amide bonds. The number of hydrogen-bond donors (Lipinski definition) is 1. The third-order valence-corrected chi connectivity index (χ3v) is 3.71. The van der Waals surface area contributed by atoms with Crippen LogP contribution in [0.4, 0.5) is 0 Å². The number of nitrogens with zero attached hydrogens (tertiary/aromatic N) is 1. The van der Waals surface area contributed by atoms with Crippen molar-refractivity contribution in [1.82, 2.24) is 10.2 Å². The van der Waals surface area contributed by atoms with Gasteiger partial charge >= 0.3 is 0 Å². The molecule has 2 rings (SSSR count). The Morgan fingerprint density at radius 1 is 1.33 bits per heavy atom. The zero-order valence-corrected chi connectivity index (χ0v) is 9.87. The normalized spacial score (nSPS) is 33.4. The first-order chi connectivity index (χ1) is 7.40. The fraction of sp³-hybridized carbons (Fsp3) is 1.00. The molecule has 15 heavy (non-hydrogen) atoms. The Hall–Kier alpha value is -0.120. The van der Waals surface area contributed by atoms with Gasteiger partial charge in [-0.3, -0.25) is 4.90 Å². The Balaban J connectivity index is 1.67. The summed E-state index contributed by atoms with van der Waals surface area (Å²) in [6.45, 7) is 7.79. The molecule has 2 aliphatic rings. The smallest absolute Gasteiger partial charge is 0.0619 e. The van der Waals surface area contributed by atoms with Crippen molar-refractivity contribution in [2.24, 2.45) is 0 Å². The van der Waals surface area contributed by atoms with E-state index >= 15 is 0 Å². The van der Waals surface area contributed by atoms with Crippen molar-refractivity contribution in [1.29, 1.82) is 0 Å². The van der Waals surface area contributed by atoms with Gasteiger partial charge in [0.15, 0.2) is 0 Å². The van der Waals surface area contributed by atoms with Crippen LogP contribution in [-0.2, 0) is 4.74 Å². The van der Waals surface area contributed by atoms with Crippen molar-refractivity contribution in [2.75, 3.05) is 32.8 Å². The molecule has 1 N–H and O–H groups in total. The lowest BCUT2D eigenvalue weighted by Crippen LogP contribution is -2.44. The minimum atomic E-state index is 0.609. The molecule has 2 saturated heterocycles. The lowest BCUT2D eigenvalue weighted by molar-refractivity contribution is 0.0680. The van der Waals surface area contributed by atoms with Crippen LogP contribution < -0.4 is 5.32 Å². The van der Waals surface area contributed by atoms with Gasteiger partial charge in [0, 0.05) is 25.2 Å². The Morgan fingerprint density at radius 3 is 3.00 bits per heavy atom. The van der Waals surface area contributed by atoms with E-state index in [0.717, 1.165) is 25.8 Å². The Bertz CT molecular complexity index is 180. The monoisotopic (exact) mass is 212 g/mol. The second-order valence-electron chi connectivity index (χ2n) is 4.75. The lowest BCUT2D eigenvalue weighted by atomic mass is 10.1. The summed E-state index contributed by atoms with van der Waals surface area (Å²) in [7, 11) is 0. The SMILES string of the molecule is CCN1CCCC1CNC1CCCOC1. The molecule has 2 aliphatic heterocycles. The molecule has 2 fully saturated rings. The number of likely N-dealkylation sites (N-methyl/N-ethyl adjacent to an activating group) is 1. The quantitative estimate of drug-likeness (QED) is 0.759. The fourth-order valence-electron chi connectivity index (χ4n) is 2.75. The van der Waals surface area contributed by atoms with Crippen molar-refractivity contribution < 1.29 is 4.74 Å². The lowest BCUT2D eigenvalue weighted by Gasteiger charge is -2.28. The van der Waals surface area contributed by atoms with Crippen molar-refractivity contribution in [3.63, 3.8) is 0 Å². The van der Waals surface area contributed by atoms with Gasteiger partial charge in [0.05, 0.1) is 6.61 Å². The highest BCUT2D eigenvalue weighted by Gasteiger charge is 2.23. The third kappa shape index (κ3) is 3.16. The second kappa shape index (κ2) is 5.83. The number of ether oxygens (including phenoxy) is 1. The molecule has 2 heterocycles. The summed E-state index contributed by atoms with van der Waals surface area (Å²) in [5.74, 6) is 0. The highest BCUT2D eigenvalue weighted by atomic mass is 16.5. The van der Waals surface area contributed by atoms with Gasteiger partial charge in [0.25, 0.3) is 0 Å². The van der Waals surface area contributed by atoms with Crippen LogP contribution in [0.15, 0.2) is 0 Å². The molecule has 0 bridgehead atoms. The summed E-state index contributed by atoms with van der Waals surface area (Å²) in [6, 6.07) is 1.38. The van der Waals surface area contributed by atoms with Gasteiger partial charge in [-0.2, -0.15) is 0 Å². The Morgan fingerprint density at radius 2 is 2.27 bits per heavy atom. The molecule has 2 atom stereocenters. The first kappa shape index (κ1) is 11.4. The number of hydrogen-bond acceptors (Lipinski definition) is 3. The molecule has 0 aromatic heterocycles. The van der Waals surface area contributed by atoms with E-state index < -0.39 is 0 Å². The van der Waals surface area contributed by atoms with E-state index in [2.05, 4.69) is 17.1 Å². The van der Waals surface area contributed by atoms with Gasteiger partial charge in [-0.25, -0.2) is 0 Å². The topological polar surface area (TPSA) is 24.5 Å². The standard InChI is InChI=1S/C12H24N2O/c1-2-14-7-3-6-12(14)9-13-11-5-4-8-15-10-11/h11-13H,2-10H2,1H3. The zero-order valence-electron chi connectivity index (χ0n) is 9.87. The van der Waals surface area contributed by atoms with Crippen molar-refractivity contribution in [3.8, 4) is 0 Å². The molecule has 0 saturated carbocycles. The molecular weight excluding hydrogens is 188 g/mol. The number of rotatable bonds is 4. The summed E-state index contributed by atoms with van der Waals surface area (Å²) in [5, 5.41) is 3.66. The molecule has 88 valence electrons. The van der Waals surface area contributed by atoms with Crippen LogP contribution in [0, 0.1) is 0 Å². The van der Waals surface area contributed by atoms with Crippen LogP contribution in [0.3, 0.4) is 0 Å². The summed E-state index contributed by atoms with van der Waals surface area (Å²) in [4.78, 5) is 2.59. The number of likely N-dealkylation sites (tertiary alicyclic amines) is 1. The van der Waals surface area contributed by atoms with E-state index in [0.29, 0.717) is 6.04 Å². The van der Waals surface area contributed by atoms with Crippen molar-refractivity contribution in [3.05, 3.63) is 0 Å². The van der Waals surface area contributed by atoms with Crippen molar-refractivity contribution >= 4 is 0 Å². The van der Waals surface area contributed by atoms with Crippen LogP contribution >= 0.6 is 0 Å². The fourth-order valence-corrected chi connectivity index (χ4v) is 2.75. The van der Waals surface area contributed by atoms with Crippen LogP contribution in [0.2, 0.25) is 0 Å². The van der Waals surface area contributed by atoms with Gasteiger partial charge in [-0.15, -0.1) is 0 Å². The minimum Gasteiger partial charge on any atom is -0.380 e. The third-order valence-electron chi connectivity index (χ3n) is 3.71. The average molecular weight is 212 g/mol. The summed E-state index contributed by atoms with van der Waals surface area (Å²) in [6.07, 6.45) is 5.26. The van der Waals surface area contributed by atoms with Gasteiger partial charge in [-0.05, 0) is 38.8 Å². The van der Waals surface area contributed by atoms with Crippen LogP contribution in [0.5, 0.6) is 0 Å². The predicted molar refractivity (Wildman–Crippen MR) is 62.1 cm³/mol. The minimum absolute atomic E-state index is 0.609. The van der Waals surface area contributed by atoms with Crippen molar-refractivity contribution in [2.45, 2.75) is 44.7 Å². The van der Waals surface area contributed by atoms with E-state index in [1.165, 1.54) is 38.8 Å². The van der Waals surface area contributed by atoms with E-state index in [9.17, 15) is 0 Å². The van der Waals surface area contributed by atoms with E-state index in [1.807, 2.05) is 0 Å². The van der Waals surface area contributed by atoms with E-state index in [1.54, 1.807) is 0 Å². The largest absolute Gasteiger partial charge is 0.380 e. The summed E-state index contributed by atoms with van der Waals surface area (Å²) >= 11 is 0. The zero-order chi connectivity index (χ0) is 10.5. The molecule has 2 unspecified atom stereocenters. The maximum atomic E-state index is 5.47. The molecule has 0 aliphatic carbocycles. The Labute approximate surface area is 93.2 Å². The summed E-state index contributed by atoms with van der Waals surface area (Å²) < 4.78 is 5.47. The van der Waals surface area contributed by atoms with Gasteiger partial charge in [0.1, 0.15) is 0 Å². The second-order valence-corrected chi connectivity index (χ2v) is 4.75.